The maximum atomic E-state index is 14.7. The molecule has 0 amide bonds. The minimum absolute atomic E-state index is 0.327. The average Bonchev–Trinajstić information content (AvgIpc) is 3.21. The molecule has 0 aliphatic heterocycles. The van der Waals surface area contributed by atoms with Crippen molar-refractivity contribution in [1.82, 2.24) is 0 Å². The van der Waals surface area contributed by atoms with E-state index in [1.165, 1.54) is 0 Å². The topological polar surface area (TPSA) is 47.6 Å². The van der Waals surface area contributed by atoms with Crippen LogP contribution in [0.4, 0.5) is 70.2 Å². The van der Waals surface area contributed by atoms with Crippen LogP contribution in [0.2, 0.25) is 0 Å². The first-order valence-corrected chi connectivity index (χ1v) is 11.2. The Hall–Kier alpha value is -4.48. The monoisotopic (exact) mass is 652 g/mol. The van der Waals surface area contributed by atoms with Crippen LogP contribution in [0.5, 0.6) is 0 Å². The summed E-state index contributed by atoms with van der Waals surface area (Å²) in [7, 11) is 0. The van der Waals surface area contributed by atoms with Crippen LogP contribution in [0.15, 0.2) is 52.9 Å². The lowest BCUT2D eigenvalue weighted by Crippen LogP contribution is -2.17. The SMILES string of the molecule is N#CC(C/C(F)=C(F)\C(C#N)=C(\F)CF)=C1c2cc(C(F)(F)F)c(C(F)(F)F)cc2-c2cc(C(F)(F)F)c(C(F)(F)F)cc21. The minimum Gasteiger partial charge on any atom is -0.243 e. The molecule has 0 bridgehead atoms. The van der Waals surface area contributed by atoms with E-state index >= 15 is 0 Å². The van der Waals surface area contributed by atoms with Gasteiger partial charge in [0, 0.05) is 17.6 Å². The van der Waals surface area contributed by atoms with Crippen LogP contribution in [0.1, 0.15) is 39.8 Å². The summed E-state index contributed by atoms with van der Waals surface area (Å²) >= 11 is 0. The molecular weight excluding hydrogens is 644 g/mol. The van der Waals surface area contributed by atoms with Gasteiger partial charge in [-0.05, 0) is 46.5 Å². The number of alkyl halides is 13. The number of halogens is 16. The van der Waals surface area contributed by atoms with E-state index in [-0.39, 0.29) is 24.3 Å². The fourth-order valence-electron chi connectivity index (χ4n) is 4.31. The molecule has 0 heterocycles. The van der Waals surface area contributed by atoms with Crippen LogP contribution < -0.4 is 0 Å². The van der Waals surface area contributed by atoms with Crippen molar-refractivity contribution in [2.75, 3.05) is 6.67 Å². The number of hydrogen-bond donors (Lipinski definition) is 0. The summed E-state index contributed by atoms with van der Waals surface area (Å²) in [6, 6.07) is 0.492. The minimum atomic E-state index is -5.85. The Labute approximate surface area is 234 Å². The number of rotatable bonds is 4. The molecule has 2 aromatic rings. The molecule has 0 saturated carbocycles. The smallest absolute Gasteiger partial charge is 0.243 e. The maximum absolute atomic E-state index is 14.7. The van der Waals surface area contributed by atoms with E-state index in [0.29, 0.717) is 0 Å². The Morgan fingerprint density at radius 2 is 0.886 bits per heavy atom. The zero-order chi connectivity index (χ0) is 33.7. The third-order valence-electron chi connectivity index (χ3n) is 6.09. The zero-order valence-electron chi connectivity index (χ0n) is 20.7. The van der Waals surface area contributed by atoms with Crippen LogP contribution in [-0.2, 0) is 24.7 Å². The van der Waals surface area contributed by atoms with Gasteiger partial charge < -0.3 is 0 Å². The standard InChI is InChI=1S/C26H8F16N2/c27-6-20(29)14(8-44)22(30)19(28)1-9(7-43)21-12-4-17(25(37,38)39)15(23(31,32)33)2-10(12)11-3-16(24(34,35)36)18(5-13(11)21)26(40,41)42/h2-5H,1,6H2/b20-14+,22-19-. The quantitative estimate of drug-likeness (QED) is 0.160. The van der Waals surface area contributed by atoms with E-state index in [1.807, 2.05) is 0 Å². The highest BCUT2D eigenvalue weighted by Crippen LogP contribution is 2.54. The van der Waals surface area contributed by atoms with Gasteiger partial charge in [0.15, 0.2) is 11.7 Å². The molecule has 0 saturated heterocycles. The number of hydrogen-bond acceptors (Lipinski definition) is 2. The normalized spacial score (nSPS) is 14.7. The van der Waals surface area contributed by atoms with Gasteiger partial charge in [-0.2, -0.15) is 63.2 Å². The summed E-state index contributed by atoms with van der Waals surface area (Å²) < 4.78 is 219. The van der Waals surface area contributed by atoms with Crippen molar-refractivity contribution >= 4 is 5.57 Å². The zero-order valence-corrected chi connectivity index (χ0v) is 20.7. The van der Waals surface area contributed by atoms with E-state index < -0.39 is 117 Å². The first-order valence-electron chi connectivity index (χ1n) is 11.2. The van der Waals surface area contributed by atoms with Crippen molar-refractivity contribution in [1.29, 1.82) is 10.5 Å². The van der Waals surface area contributed by atoms with E-state index in [0.717, 1.165) is 12.1 Å². The van der Waals surface area contributed by atoms with Gasteiger partial charge in [-0.15, -0.1) is 0 Å². The highest BCUT2D eigenvalue weighted by molar-refractivity contribution is 6.04. The van der Waals surface area contributed by atoms with Gasteiger partial charge in [-0.3, -0.25) is 0 Å². The van der Waals surface area contributed by atoms with Crippen molar-refractivity contribution in [2.24, 2.45) is 0 Å². The van der Waals surface area contributed by atoms with Gasteiger partial charge in [-0.25, -0.2) is 17.6 Å². The van der Waals surface area contributed by atoms with Gasteiger partial charge in [0.1, 0.15) is 24.1 Å². The molecule has 0 N–H and O–H groups in total. The molecule has 0 fully saturated rings. The molecule has 44 heavy (non-hydrogen) atoms. The van der Waals surface area contributed by atoms with Gasteiger partial charge in [0.25, 0.3) is 0 Å². The predicted molar refractivity (Wildman–Crippen MR) is 117 cm³/mol. The van der Waals surface area contributed by atoms with E-state index in [2.05, 4.69) is 0 Å². The number of nitriles is 2. The van der Waals surface area contributed by atoms with Crippen LogP contribution in [0, 0.1) is 22.7 Å². The van der Waals surface area contributed by atoms with Crippen molar-refractivity contribution in [3.8, 4) is 23.3 Å². The Balaban J connectivity index is 2.58. The maximum Gasteiger partial charge on any atom is 0.417 e. The largest absolute Gasteiger partial charge is 0.417 e. The van der Waals surface area contributed by atoms with Crippen molar-refractivity contribution in [3.63, 3.8) is 0 Å². The molecule has 0 aromatic heterocycles. The summed E-state index contributed by atoms with van der Waals surface area (Å²) in [5, 5.41) is 18.4. The first-order chi connectivity index (χ1) is 20.0. The fourth-order valence-corrected chi connectivity index (χ4v) is 4.31. The molecule has 3 rings (SSSR count). The lowest BCUT2D eigenvalue weighted by molar-refractivity contribution is -0.162. The average molecular weight is 652 g/mol. The van der Waals surface area contributed by atoms with Crippen molar-refractivity contribution < 1.29 is 70.2 Å². The van der Waals surface area contributed by atoms with Crippen LogP contribution in [0.3, 0.4) is 0 Å². The van der Waals surface area contributed by atoms with E-state index in [4.69, 9.17) is 5.26 Å². The summed E-state index contributed by atoms with van der Waals surface area (Å²) in [5.74, 6) is -6.93. The molecule has 18 heteroatoms. The van der Waals surface area contributed by atoms with Crippen molar-refractivity contribution in [2.45, 2.75) is 31.1 Å². The Morgan fingerprint density at radius 1 is 0.545 bits per heavy atom. The third kappa shape index (κ3) is 6.24. The lowest BCUT2D eigenvalue weighted by atomic mass is 9.92. The Kier molecular flexibility index (Phi) is 8.67. The molecule has 2 nitrogen and oxygen atoms in total. The van der Waals surface area contributed by atoms with Crippen molar-refractivity contribution in [3.05, 3.63) is 86.3 Å². The summed E-state index contributed by atoms with van der Waals surface area (Å²) in [5.41, 5.74) is -19.3. The highest BCUT2D eigenvalue weighted by atomic mass is 19.4. The molecule has 2 aromatic carbocycles. The molecule has 0 unspecified atom stereocenters. The molecule has 0 radical (unpaired) electrons. The Morgan fingerprint density at radius 3 is 1.16 bits per heavy atom. The van der Waals surface area contributed by atoms with Gasteiger partial charge in [0.05, 0.1) is 28.3 Å². The summed E-state index contributed by atoms with van der Waals surface area (Å²) in [6.45, 7) is -2.14. The van der Waals surface area contributed by atoms with E-state index in [1.54, 1.807) is 0 Å². The fraction of sp³-hybridized carbons (Fsp3) is 0.231. The summed E-state index contributed by atoms with van der Waals surface area (Å²) in [4.78, 5) is 0. The second-order valence-electron chi connectivity index (χ2n) is 8.76. The molecular formula is C26H8F16N2. The number of allylic oxidation sites excluding steroid dienone is 5. The van der Waals surface area contributed by atoms with Gasteiger partial charge in [-0.1, -0.05) is 0 Å². The Bertz CT molecular complexity index is 1610. The lowest BCUT2D eigenvalue weighted by Gasteiger charge is -2.18. The van der Waals surface area contributed by atoms with Crippen LogP contribution in [-0.4, -0.2) is 6.67 Å². The second kappa shape index (κ2) is 11.2. The number of fused-ring (bicyclic) bond motifs is 3. The highest BCUT2D eigenvalue weighted by Gasteiger charge is 2.48. The third-order valence-corrected chi connectivity index (χ3v) is 6.09. The summed E-state index contributed by atoms with van der Waals surface area (Å²) in [6.07, 6.45) is -25.2. The van der Waals surface area contributed by atoms with Crippen LogP contribution >= 0.6 is 0 Å². The molecule has 1 aliphatic carbocycles. The second-order valence-corrected chi connectivity index (χ2v) is 8.76. The molecule has 234 valence electrons. The van der Waals surface area contributed by atoms with Gasteiger partial charge >= 0.3 is 24.7 Å². The van der Waals surface area contributed by atoms with Crippen LogP contribution in [0.25, 0.3) is 16.7 Å². The number of nitrogens with zero attached hydrogens (tertiary/aromatic N) is 2. The van der Waals surface area contributed by atoms with E-state index in [9.17, 15) is 75.5 Å². The molecule has 0 atom stereocenters. The predicted octanol–water partition coefficient (Wildman–Crippen LogP) is 10.3. The molecule has 0 spiro atoms. The number of benzene rings is 2. The molecule has 1 aliphatic rings. The van der Waals surface area contributed by atoms with Gasteiger partial charge in [0.2, 0.25) is 0 Å². The first kappa shape index (κ1) is 34.0.